The molecule has 0 heterocycles. The minimum absolute atomic E-state index is 0.260. The van der Waals surface area contributed by atoms with Crippen LogP contribution < -0.4 is 0 Å². The zero-order valence-electron chi connectivity index (χ0n) is 15.9. The Kier molecular flexibility index (Phi) is 6.22. The monoisotopic (exact) mass is 332 g/mol. The van der Waals surface area contributed by atoms with E-state index in [2.05, 4.69) is 19.9 Å². The zero-order valence-corrected chi connectivity index (χ0v) is 15.9. The van der Waals surface area contributed by atoms with Crippen molar-refractivity contribution in [2.45, 2.75) is 96.6 Å². The summed E-state index contributed by atoms with van der Waals surface area (Å²) >= 11 is 0. The lowest BCUT2D eigenvalue weighted by molar-refractivity contribution is 0.0670. The molecule has 0 amide bonds. The van der Waals surface area contributed by atoms with Gasteiger partial charge < -0.3 is 0 Å². The van der Waals surface area contributed by atoms with Crippen molar-refractivity contribution in [2.75, 3.05) is 0 Å². The van der Waals surface area contributed by atoms with Crippen molar-refractivity contribution in [1.29, 1.82) is 0 Å². The lowest BCUT2D eigenvalue weighted by Gasteiger charge is -2.41. The van der Waals surface area contributed by atoms with Gasteiger partial charge in [0.1, 0.15) is 5.67 Å². The predicted molar refractivity (Wildman–Crippen MR) is 102 cm³/mol. The maximum atomic E-state index is 15.3. The first kappa shape index (κ1) is 18.2. The molecule has 3 rings (SSSR count). The van der Waals surface area contributed by atoms with Crippen LogP contribution in [-0.2, 0) is 0 Å². The molecule has 0 aromatic rings. The number of halogens is 1. The van der Waals surface area contributed by atoms with E-state index in [0.29, 0.717) is 6.42 Å². The second-order valence-electron chi connectivity index (χ2n) is 8.78. The molecular weight excluding hydrogens is 295 g/mol. The van der Waals surface area contributed by atoms with Gasteiger partial charge in [0.15, 0.2) is 0 Å². The van der Waals surface area contributed by atoms with E-state index in [-0.39, 0.29) is 5.92 Å². The number of hydrogen-bond acceptors (Lipinski definition) is 0. The van der Waals surface area contributed by atoms with Crippen molar-refractivity contribution in [3.05, 3.63) is 23.8 Å². The summed E-state index contributed by atoms with van der Waals surface area (Å²) in [4.78, 5) is 0. The molecule has 24 heavy (non-hydrogen) atoms. The summed E-state index contributed by atoms with van der Waals surface area (Å²) in [5.74, 6) is 3.10. The van der Waals surface area contributed by atoms with Crippen molar-refractivity contribution in [3.8, 4) is 0 Å². The topological polar surface area (TPSA) is 0 Å². The van der Waals surface area contributed by atoms with Gasteiger partial charge in [0.05, 0.1) is 0 Å². The summed E-state index contributed by atoms with van der Waals surface area (Å²) in [7, 11) is 0. The first-order valence-electron chi connectivity index (χ1n) is 10.7. The SMILES string of the molecule is CCC[C@H]1CC[C@H]([C@H]2CC[C@H](C3(F)C=CC(CC)=CC3)CC2)CC1. The second kappa shape index (κ2) is 8.19. The summed E-state index contributed by atoms with van der Waals surface area (Å²) < 4.78 is 15.3. The molecule has 0 spiro atoms. The van der Waals surface area contributed by atoms with Crippen molar-refractivity contribution < 1.29 is 4.39 Å². The van der Waals surface area contributed by atoms with Crippen LogP contribution in [-0.4, -0.2) is 5.67 Å². The first-order valence-corrected chi connectivity index (χ1v) is 10.7. The van der Waals surface area contributed by atoms with Crippen LogP contribution in [0, 0.1) is 23.7 Å². The Bertz CT molecular complexity index is 447. The highest BCUT2D eigenvalue weighted by molar-refractivity contribution is 5.28. The number of rotatable bonds is 5. The Hall–Kier alpha value is -0.590. The van der Waals surface area contributed by atoms with Gasteiger partial charge in [-0.25, -0.2) is 4.39 Å². The van der Waals surface area contributed by atoms with Crippen LogP contribution in [0.2, 0.25) is 0 Å². The van der Waals surface area contributed by atoms with Crippen molar-refractivity contribution in [1.82, 2.24) is 0 Å². The van der Waals surface area contributed by atoms with Gasteiger partial charge in [0.2, 0.25) is 0 Å². The Morgan fingerprint density at radius 1 is 0.958 bits per heavy atom. The summed E-state index contributed by atoms with van der Waals surface area (Å²) in [5.41, 5.74) is 0.253. The molecule has 136 valence electrons. The molecule has 1 unspecified atom stereocenters. The molecule has 0 bridgehead atoms. The molecule has 1 heteroatoms. The van der Waals surface area contributed by atoms with Crippen molar-refractivity contribution in [2.24, 2.45) is 23.7 Å². The minimum atomic E-state index is -1.05. The highest BCUT2D eigenvalue weighted by Gasteiger charge is 2.40. The average Bonchev–Trinajstić information content (AvgIpc) is 2.63. The fourth-order valence-corrected chi connectivity index (χ4v) is 5.66. The van der Waals surface area contributed by atoms with Gasteiger partial charge in [0.25, 0.3) is 0 Å². The minimum Gasteiger partial charge on any atom is -0.239 e. The molecule has 0 radical (unpaired) electrons. The molecule has 0 N–H and O–H groups in total. The number of alkyl halides is 1. The average molecular weight is 333 g/mol. The Morgan fingerprint density at radius 3 is 2.08 bits per heavy atom. The summed E-state index contributed by atoms with van der Waals surface area (Å²) in [5, 5.41) is 0. The lowest BCUT2D eigenvalue weighted by atomic mass is 9.65. The van der Waals surface area contributed by atoms with E-state index < -0.39 is 5.67 Å². The normalized spacial score (nSPS) is 40.4. The van der Waals surface area contributed by atoms with Gasteiger partial charge in [-0.3, -0.25) is 0 Å². The van der Waals surface area contributed by atoms with Gasteiger partial charge in [-0.1, -0.05) is 57.3 Å². The fraction of sp³-hybridized carbons (Fsp3) is 0.826. The Labute approximate surface area is 149 Å². The molecule has 0 aromatic heterocycles. The molecule has 3 aliphatic carbocycles. The van der Waals surface area contributed by atoms with Crippen molar-refractivity contribution in [3.63, 3.8) is 0 Å². The van der Waals surface area contributed by atoms with Crippen molar-refractivity contribution >= 4 is 0 Å². The van der Waals surface area contributed by atoms with Gasteiger partial charge in [-0.15, -0.1) is 0 Å². The van der Waals surface area contributed by atoms with Crippen LogP contribution >= 0.6 is 0 Å². The Morgan fingerprint density at radius 2 is 1.58 bits per heavy atom. The summed E-state index contributed by atoms with van der Waals surface area (Å²) in [6.45, 7) is 4.47. The summed E-state index contributed by atoms with van der Waals surface area (Å²) in [6, 6.07) is 0. The van der Waals surface area contributed by atoms with Gasteiger partial charge in [-0.05, 0) is 74.7 Å². The van der Waals surface area contributed by atoms with E-state index in [4.69, 9.17) is 0 Å². The molecular formula is C23H37F. The highest BCUT2D eigenvalue weighted by Crippen LogP contribution is 2.47. The van der Waals surface area contributed by atoms with E-state index in [1.807, 2.05) is 12.2 Å². The van der Waals surface area contributed by atoms with Gasteiger partial charge in [-0.2, -0.15) is 0 Å². The van der Waals surface area contributed by atoms with Crippen LogP contribution in [0.3, 0.4) is 0 Å². The van der Waals surface area contributed by atoms with Crippen LogP contribution in [0.4, 0.5) is 4.39 Å². The van der Waals surface area contributed by atoms with E-state index >= 15 is 4.39 Å². The predicted octanol–water partition coefficient (Wildman–Crippen LogP) is 7.40. The molecule has 0 saturated heterocycles. The molecule has 2 fully saturated rings. The fourth-order valence-electron chi connectivity index (χ4n) is 5.66. The van der Waals surface area contributed by atoms with Gasteiger partial charge in [0, 0.05) is 6.42 Å². The molecule has 1 atom stereocenters. The third kappa shape index (κ3) is 4.14. The third-order valence-electron chi connectivity index (χ3n) is 7.37. The van der Waals surface area contributed by atoms with E-state index in [0.717, 1.165) is 37.0 Å². The zero-order chi connectivity index (χ0) is 17.0. The van der Waals surface area contributed by atoms with E-state index in [1.165, 1.54) is 56.9 Å². The number of hydrogen-bond donors (Lipinski definition) is 0. The third-order valence-corrected chi connectivity index (χ3v) is 7.37. The molecule has 3 aliphatic rings. The molecule has 0 aliphatic heterocycles. The molecule has 0 nitrogen and oxygen atoms in total. The quantitative estimate of drug-likeness (QED) is 0.492. The Balaban J connectivity index is 1.47. The molecule has 0 aromatic carbocycles. The van der Waals surface area contributed by atoms with Crippen LogP contribution in [0.25, 0.3) is 0 Å². The second-order valence-corrected chi connectivity index (χ2v) is 8.78. The first-order chi connectivity index (χ1) is 11.6. The number of allylic oxidation sites excluding steroid dienone is 4. The van der Waals surface area contributed by atoms with Crippen LogP contribution in [0.15, 0.2) is 23.8 Å². The maximum Gasteiger partial charge on any atom is 0.135 e. The highest BCUT2D eigenvalue weighted by atomic mass is 19.1. The smallest absolute Gasteiger partial charge is 0.135 e. The maximum absolute atomic E-state index is 15.3. The van der Waals surface area contributed by atoms with Gasteiger partial charge >= 0.3 is 0 Å². The molecule has 2 saturated carbocycles. The van der Waals surface area contributed by atoms with E-state index in [9.17, 15) is 0 Å². The largest absolute Gasteiger partial charge is 0.239 e. The van der Waals surface area contributed by atoms with Crippen LogP contribution in [0.5, 0.6) is 0 Å². The standard InChI is InChI=1S/C23H37F/c1-3-5-19-6-8-20(9-7-19)21-10-12-22(13-11-21)23(24)16-14-18(4-2)15-17-23/h14-16,19-22H,3-13,17H2,1-2H3/t19-,20-,21-,22-,23?. The van der Waals surface area contributed by atoms with Crippen LogP contribution in [0.1, 0.15) is 90.9 Å². The van der Waals surface area contributed by atoms with E-state index in [1.54, 1.807) is 0 Å². The summed E-state index contributed by atoms with van der Waals surface area (Å²) in [6.07, 6.45) is 21.1. The lowest BCUT2D eigenvalue weighted by Crippen LogP contribution is -2.36.